The van der Waals surface area contributed by atoms with Gasteiger partial charge in [-0.1, -0.05) is 6.92 Å². The highest BCUT2D eigenvalue weighted by atomic mass is 16.3. The maximum Gasteiger partial charge on any atom is 0.227 e. The maximum atomic E-state index is 13.8. The minimum absolute atomic E-state index is 0.147. The van der Waals surface area contributed by atoms with Crippen LogP contribution in [0.2, 0.25) is 0 Å². The zero-order chi connectivity index (χ0) is 23.4. The van der Waals surface area contributed by atoms with Gasteiger partial charge >= 0.3 is 0 Å². The summed E-state index contributed by atoms with van der Waals surface area (Å²) in [5.41, 5.74) is 1.27. The Morgan fingerprint density at radius 1 is 1.09 bits per heavy atom. The lowest BCUT2D eigenvalue weighted by Crippen LogP contribution is -2.52. The number of hydrogen-bond acceptors (Lipinski definition) is 3. The smallest absolute Gasteiger partial charge is 0.227 e. The van der Waals surface area contributed by atoms with E-state index in [0.717, 1.165) is 55.0 Å². The largest absolute Gasteiger partial charge is 0.390 e. The zero-order valence-corrected chi connectivity index (χ0v) is 20.7. The molecular weight excluding hydrogens is 422 g/mol. The number of hydrogen-bond donors (Lipinski definition) is 1. The fraction of sp³-hybridized carbons (Fsp3) is 0.828. The average molecular weight is 462 g/mol. The molecule has 0 radical (unpaired) electrons. The molecule has 34 heavy (non-hydrogen) atoms. The molecule has 0 amide bonds. The summed E-state index contributed by atoms with van der Waals surface area (Å²) in [7, 11) is 0. The Hall–Kier alpha value is -1.67. The van der Waals surface area contributed by atoms with Crippen molar-refractivity contribution in [3.63, 3.8) is 0 Å². The summed E-state index contributed by atoms with van der Waals surface area (Å²) in [6.07, 6.45) is 13.6. The molecule has 6 aliphatic rings. The lowest BCUT2D eigenvalue weighted by molar-refractivity contribution is -0.136. The topological polar surface area (TPSA) is 59.5 Å². The van der Waals surface area contributed by atoms with E-state index >= 15 is 0 Å². The first-order valence-corrected chi connectivity index (χ1v) is 14.0. The van der Waals surface area contributed by atoms with E-state index in [9.17, 15) is 9.90 Å². The molecule has 0 bridgehead atoms. The highest BCUT2D eigenvalue weighted by molar-refractivity contribution is 5.83. The zero-order valence-electron chi connectivity index (χ0n) is 20.7. The second-order valence-electron chi connectivity index (χ2n) is 13.6. The van der Waals surface area contributed by atoms with Gasteiger partial charge in [0.25, 0.3) is 0 Å². The number of ketones is 1. The Bertz CT molecular complexity index is 1060. The summed E-state index contributed by atoms with van der Waals surface area (Å²) in [6, 6.07) is 0. The number of aliphatic hydroxyl groups is 1. The van der Waals surface area contributed by atoms with E-state index in [1.165, 1.54) is 38.5 Å². The first kappa shape index (κ1) is 21.6. The molecule has 0 aliphatic heterocycles. The average Bonchev–Trinajstić information content (AvgIpc) is 3.71. The van der Waals surface area contributed by atoms with Crippen LogP contribution in [0.5, 0.6) is 0 Å². The van der Waals surface area contributed by atoms with Crippen molar-refractivity contribution in [2.45, 2.75) is 96.1 Å². The quantitative estimate of drug-likeness (QED) is 0.580. The van der Waals surface area contributed by atoms with Crippen molar-refractivity contribution >= 4 is 11.5 Å². The van der Waals surface area contributed by atoms with Gasteiger partial charge in [0.15, 0.2) is 5.78 Å². The molecule has 1 aromatic heterocycles. The Labute approximate surface area is 203 Å². The van der Waals surface area contributed by atoms with E-state index in [2.05, 4.69) is 11.8 Å². The molecule has 10 atom stereocenters. The second kappa shape index (κ2) is 7.19. The highest BCUT2D eigenvalue weighted by Gasteiger charge is 2.70. The molecule has 6 fully saturated rings. The normalized spacial score (nSPS) is 48.8. The van der Waals surface area contributed by atoms with E-state index in [0.29, 0.717) is 41.7 Å². The van der Waals surface area contributed by atoms with Crippen molar-refractivity contribution in [2.75, 3.05) is 0 Å². The molecule has 0 aromatic carbocycles. The van der Waals surface area contributed by atoms with Crippen LogP contribution in [0.1, 0.15) is 89.7 Å². The summed E-state index contributed by atoms with van der Waals surface area (Å²) in [4.78, 5) is 17.5. The molecule has 5 heteroatoms. The Morgan fingerprint density at radius 3 is 2.65 bits per heavy atom. The molecule has 1 aromatic rings. The fourth-order valence-electron chi connectivity index (χ4n) is 10.2. The first-order valence-electron chi connectivity index (χ1n) is 14.0. The monoisotopic (exact) mass is 461 g/mol. The third-order valence-corrected chi connectivity index (χ3v) is 11.5. The van der Waals surface area contributed by atoms with Crippen molar-refractivity contribution < 1.29 is 9.90 Å². The van der Waals surface area contributed by atoms with Crippen molar-refractivity contribution in [1.82, 2.24) is 9.78 Å². The molecule has 0 saturated heterocycles. The van der Waals surface area contributed by atoms with Gasteiger partial charge in [0.1, 0.15) is 0 Å². The van der Waals surface area contributed by atoms with Gasteiger partial charge in [0.2, 0.25) is 5.69 Å². The van der Waals surface area contributed by atoms with E-state index in [1.807, 2.05) is 13.1 Å². The Balaban J connectivity index is 1.11. The number of aromatic nitrogens is 2. The van der Waals surface area contributed by atoms with Crippen LogP contribution in [0.25, 0.3) is 4.85 Å². The summed E-state index contributed by atoms with van der Waals surface area (Å²) < 4.78 is 1.79. The predicted molar refractivity (Wildman–Crippen MR) is 129 cm³/mol. The van der Waals surface area contributed by atoms with Crippen molar-refractivity contribution in [3.8, 4) is 0 Å². The molecule has 6 saturated carbocycles. The van der Waals surface area contributed by atoms with Gasteiger partial charge in [-0.2, -0.15) is 5.10 Å². The van der Waals surface area contributed by atoms with Gasteiger partial charge in [0, 0.05) is 12.1 Å². The van der Waals surface area contributed by atoms with Gasteiger partial charge in [-0.05, 0) is 124 Å². The number of carbonyl (C=O) groups is 1. The number of carbonyl (C=O) groups excluding carboxylic acids is 1. The molecule has 6 aliphatic carbocycles. The van der Waals surface area contributed by atoms with Gasteiger partial charge < -0.3 is 5.11 Å². The van der Waals surface area contributed by atoms with Crippen LogP contribution >= 0.6 is 0 Å². The Morgan fingerprint density at radius 2 is 1.88 bits per heavy atom. The molecule has 0 unspecified atom stereocenters. The summed E-state index contributed by atoms with van der Waals surface area (Å²) >= 11 is 0. The van der Waals surface area contributed by atoms with E-state index in [-0.39, 0.29) is 11.3 Å². The van der Waals surface area contributed by atoms with Crippen molar-refractivity contribution in [2.24, 2.45) is 52.8 Å². The van der Waals surface area contributed by atoms with Crippen LogP contribution in [0.15, 0.2) is 6.20 Å². The van der Waals surface area contributed by atoms with Crippen LogP contribution in [0, 0.1) is 59.3 Å². The molecule has 5 nitrogen and oxygen atoms in total. The number of Topliss-reactive ketones (excluding diaryl/α,β-unsaturated/α-hetero) is 1. The fourth-order valence-corrected chi connectivity index (χ4v) is 10.2. The summed E-state index contributed by atoms with van der Waals surface area (Å²) in [5.74, 6) is 6.17. The lowest BCUT2D eigenvalue weighted by Gasteiger charge is -2.57. The minimum atomic E-state index is -0.456. The van der Waals surface area contributed by atoms with Gasteiger partial charge in [0.05, 0.1) is 24.4 Å². The Kier molecular flexibility index (Phi) is 4.57. The summed E-state index contributed by atoms with van der Waals surface area (Å²) in [6.45, 7) is 12.4. The van der Waals surface area contributed by atoms with Crippen LogP contribution in [-0.2, 0) is 11.3 Å². The first-order chi connectivity index (χ1) is 16.3. The predicted octanol–water partition coefficient (Wildman–Crippen LogP) is 5.76. The van der Waals surface area contributed by atoms with Crippen LogP contribution in [0.4, 0.5) is 5.69 Å². The van der Waals surface area contributed by atoms with Gasteiger partial charge in [-0.3, -0.25) is 9.48 Å². The third-order valence-electron chi connectivity index (χ3n) is 11.5. The standard InChI is InChI=1S/C29H39N3O2/c1-28(34)10-8-18-17(13-28)6-7-20-19(18)9-11-29(2)25(20)21-12-22(21)26(29)24(33)15-32-14-23(30-3)27(31-32)16-4-5-16/h14,16-22,25-26,34H,4-13,15H2,1-2H3/t17-,18+,19-,20-,21-,22+,25-,26-,28-,29+/m1/s1. The minimum Gasteiger partial charge on any atom is -0.390 e. The molecule has 182 valence electrons. The van der Waals surface area contributed by atoms with Crippen LogP contribution in [-0.4, -0.2) is 26.3 Å². The van der Waals surface area contributed by atoms with Crippen molar-refractivity contribution in [1.29, 1.82) is 0 Å². The third kappa shape index (κ3) is 3.13. The molecule has 1 N–H and O–H groups in total. The molecule has 7 rings (SSSR count). The summed E-state index contributed by atoms with van der Waals surface area (Å²) in [5, 5.41) is 15.4. The molecule has 1 heterocycles. The van der Waals surface area contributed by atoms with E-state index in [4.69, 9.17) is 11.7 Å². The van der Waals surface area contributed by atoms with E-state index < -0.39 is 5.60 Å². The van der Waals surface area contributed by atoms with E-state index in [1.54, 1.807) is 4.68 Å². The second-order valence-corrected chi connectivity index (χ2v) is 13.6. The molecule has 0 spiro atoms. The highest BCUT2D eigenvalue weighted by Crippen LogP contribution is 2.74. The lowest BCUT2D eigenvalue weighted by atomic mass is 9.48. The molecular formula is C29H39N3O2. The van der Waals surface area contributed by atoms with Crippen LogP contribution < -0.4 is 0 Å². The maximum absolute atomic E-state index is 13.8. The van der Waals surface area contributed by atoms with Crippen molar-refractivity contribution in [3.05, 3.63) is 23.3 Å². The number of nitrogens with zero attached hydrogens (tertiary/aromatic N) is 3. The number of fused-ring (bicyclic) bond motifs is 7. The van der Waals surface area contributed by atoms with Gasteiger partial charge in [-0.25, -0.2) is 4.85 Å². The number of rotatable bonds is 4. The SMILES string of the molecule is [C-]#[N+]c1cn(CC(=O)[C@H]2[C@H]3C[C@H]3[C@H]3[C@@H]4CC[C@@H]5C[C@](C)(O)CC[C@@H]5[C@H]4CC[C@@]32C)nc1C1CC1. The van der Waals surface area contributed by atoms with Crippen LogP contribution in [0.3, 0.4) is 0 Å². The van der Waals surface area contributed by atoms with Gasteiger partial charge in [-0.15, -0.1) is 0 Å².